The number of nitrogens with one attached hydrogen (secondary N) is 1. The summed E-state index contributed by atoms with van der Waals surface area (Å²) in [6.45, 7) is 12.9. The van der Waals surface area contributed by atoms with Gasteiger partial charge < -0.3 is 10.1 Å². The Labute approximate surface area is 87.8 Å². The Bertz CT molecular complexity index is 146. The van der Waals surface area contributed by atoms with Crippen molar-refractivity contribution in [2.45, 2.75) is 32.8 Å². The Hall–Kier alpha value is -0.120. The molecule has 1 N–H and O–H groups in total. The number of hydrogen-bond acceptors (Lipinski definition) is 3. The molecule has 1 fully saturated rings. The molecule has 14 heavy (non-hydrogen) atoms. The molecule has 0 atom stereocenters. The molecule has 0 bridgehead atoms. The SMILES string of the molecule is CC(C)(C)OCCN1CCCNCC1. The smallest absolute Gasteiger partial charge is 0.0600 e. The average molecular weight is 200 g/mol. The van der Waals surface area contributed by atoms with Crippen molar-refractivity contribution in [1.82, 2.24) is 10.2 Å². The molecule has 1 saturated heterocycles. The number of rotatable bonds is 3. The Morgan fingerprint density at radius 3 is 2.71 bits per heavy atom. The fraction of sp³-hybridized carbons (Fsp3) is 1.00. The van der Waals surface area contributed by atoms with Crippen molar-refractivity contribution < 1.29 is 4.74 Å². The van der Waals surface area contributed by atoms with Crippen molar-refractivity contribution in [3.63, 3.8) is 0 Å². The summed E-state index contributed by atoms with van der Waals surface area (Å²) in [4.78, 5) is 2.48. The van der Waals surface area contributed by atoms with Crippen LogP contribution in [0.4, 0.5) is 0 Å². The maximum absolute atomic E-state index is 5.71. The predicted molar refractivity (Wildman–Crippen MR) is 59.6 cm³/mol. The lowest BCUT2D eigenvalue weighted by molar-refractivity contribution is -0.0124. The predicted octanol–water partition coefficient (Wildman–Crippen LogP) is 1.10. The molecule has 0 saturated carbocycles. The van der Waals surface area contributed by atoms with Gasteiger partial charge in [-0.05, 0) is 40.3 Å². The van der Waals surface area contributed by atoms with Crippen LogP contribution < -0.4 is 5.32 Å². The van der Waals surface area contributed by atoms with E-state index >= 15 is 0 Å². The molecule has 1 aliphatic rings. The van der Waals surface area contributed by atoms with Crippen LogP contribution in [0, 0.1) is 0 Å². The second kappa shape index (κ2) is 5.69. The standard InChI is InChI=1S/C11H24N2O/c1-11(2,3)14-10-9-13-7-4-5-12-6-8-13/h12H,4-10H2,1-3H3. The molecule has 3 heteroatoms. The van der Waals surface area contributed by atoms with Crippen molar-refractivity contribution in [2.24, 2.45) is 0 Å². The molecule has 0 radical (unpaired) electrons. The van der Waals surface area contributed by atoms with Crippen molar-refractivity contribution in [1.29, 1.82) is 0 Å². The minimum absolute atomic E-state index is 0.00407. The summed E-state index contributed by atoms with van der Waals surface area (Å²) in [7, 11) is 0. The van der Waals surface area contributed by atoms with Crippen molar-refractivity contribution in [3.8, 4) is 0 Å². The zero-order valence-corrected chi connectivity index (χ0v) is 9.81. The van der Waals surface area contributed by atoms with E-state index in [-0.39, 0.29) is 5.60 Å². The van der Waals surface area contributed by atoms with Crippen LogP contribution in [0.15, 0.2) is 0 Å². The molecule has 0 amide bonds. The number of hydrogen-bond donors (Lipinski definition) is 1. The highest BCUT2D eigenvalue weighted by Crippen LogP contribution is 2.06. The van der Waals surface area contributed by atoms with E-state index in [4.69, 9.17) is 4.74 Å². The summed E-state index contributed by atoms with van der Waals surface area (Å²) in [5.41, 5.74) is 0.00407. The minimum Gasteiger partial charge on any atom is -0.375 e. The van der Waals surface area contributed by atoms with Gasteiger partial charge >= 0.3 is 0 Å². The average Bonchev–Trinajstić information content (AvgIpc) is 2.30. The van der Waals surface area contributed by atoms with E-state index < -0.39 is 0 Å². The maximum atomic E-state index is 5.71. The van der Waals surface area contributed by atoms with Gasteiger partial charge in [-0.2, -0.15) is 0 Å². The first-order valence-corrected chi connectivity index (χ1v) is 5.65. The quantitative estimate of drug-likeness (QED) is 0.738. The number of ether oxygens (including phenoxy) is 1. The van der Waals surface area contributed by atoms with Crippen LogP contribution in [-0.2, 0) is 4.74 Å². The lowest BCUT2D eigenvalue weighted by Crippen LogP contribution is -2.33. The molecule has 1 heterocycles. The lowest BCUT2D eigenvalue weighted by Gasteiger charge is -2.24. The highest BCUT2D eigenvalue weighted by molar-refractivity contribution is 4.66. The maximum Gasteiger partial charge on any atom is 0.0600 e. The third-order valence-electron chi connectivity index (χ3n) is 2.38. The van der Waals surface area contributed by atoms with Crippen molar-refractivity contribution in [3.05, 3.63) is 0 Å². The number of nitrogens with zero attached hydrogens (tertiary/aromatic N) is 1. The molecule has 0 aliphatic carbocycles. The second-order valence-corrected chi connectivity index (χ2v) is 4.91. The highest BCUT2D eigenvalue weighted by Gasteiger charge is 2.12. The van der Waals surface area contributed by atoms with E-state index in [1.165, 1.54) is 13.0 Å². The molecule has 0 aromatic carbocycles. The molecule has 0 unspecified atom stereocenters. The van der Waals surface area contributed by atoms with Gasteiger partial charge in [0.05, 0.1) is 12.2 Å². The van der Waals surface area contributed by atoms with Crippen LogP contribution in [0.1, 0.15) is 27.2 Å². The molecule has 1 aliphatic heterocycles. The van der Waals surface area contributed by atoms with Gasteiger partial charge in [0, 0.05) is 19.6 Å². The van der Waals surface area contributed by atoms with Gasteiger partial charge in [0.1, 0.15) is 0 Å². The summed E-state index contributed by atoms with van der Waals surface area (Å²) >= 11 is 0. The molecular formula is C11H24N2O. The van der Waals surface area contributed by atoms with Crippen LogP contribution in [0.25, 0.3) is 0 Å². The summed E-state index contributed by atoms with van der Waals surface area (Å²) in [5.74, 6) is 0. The Balaban J connectivity index is 2.10. The van der Waals surface area contributed by atoms with Gasteiger partial charge in [0.2, 0.25) is 0 Å². The summed E-state index contributed by atoms with van der Waals surface area (Å²) in [6, 6.07) is 0. The van der Waals surface area contributed by atoms with Crippen LogP contribution in [0.2, 0.25) is 0 Å². The third kappa shape index (κ3) is 5.58. The zero-order chi connectivity index (χ0) is 10.4. The fourth-order valence-corrected chi connectivity index (χ4v) is 1.61. The van der Waals surface area contributed by atoms with Crippen LogP contribution in [-0.4, -0.2) is 49.8 Å². The van der Waals surface area contributed by atoms with Crippen LogP contribution >= 0.6 is 0 Å². The third-order valence-corrected chi connectivity index (χ3v) is 2.38. The second-order valence-electron chi connectivity index (χ2n) is 4.91. The van der Waals surface area contributed by atoms with E-state index in [2.05, 4.69) is 31.0 Å². The first kappa shape index (κ1) is 12.0. The molecule has 0 spiro atoms. The van der Waals surface area contributed by atoms with E-state index in [1.807, 2.05) is 0 Å². The Kier molecular flexibility index (Phi) is 4.85. The van der Waals surface area contributed by atoms with Gasteiger partial charge in [-0.15, -0.1) is 0 Å². The van der Waals surface area contributed by atoms with E-state index in [0.717, 1.165) is 32.8 Å². The van der Waals surface area contributed by atoms with Crippen molar-refractivity contribution in [2.75, 3.05) is 39.3 Å². The Morgan fingerprint density at radius 2 is 2.00 bits per heavy atom. The monoisotopic (exact) mass is 200 g/mol. The molecule has 0 aromatic rings. The molecule has 0 aromatic heterocycles. The van der Waals surface area contributed by atoms with Crippen LogP contribution in [0.5, 0.6) is 0 Å². The van der Waals surface area contributed by atoms with Gasteiger partial charge in [0.15, 0.2) is 0 Å². The molecule has 3 nitrogen and oxygen atoms in total. The van der Waals surface area contributed by atoms with Gasteiger partial charge in [0.25, 0.3) is 0 Å². The van der Waals surface area contributed by atoms with E-state index in [0.29, 0.717) is 0 Å². The lowest BCUT2D eigenvalue weighted by atomic mass is 10.2. The van der Waals surface area contributed by atoms with Crippen LogP contribution in [0.3, 0.4) is 0 Å². The summed E-state index contributed by atoms with van der Waals surface area (Å²) in [6.07, 6.45) is 1.26. The summed E-state index contributed by atoms with van der Waals surface area (Å²) in [5, 5.41) is 3.40. The Morgan fingerprint density at radius 1 is 1.21 bits per heavy atom. The molecule has 84 valence electrons. The largest absolute Gasteiger partial charge is 0.375 e. The first-order valence-electron chi connectivity index (χ1n) is 5.65. The summed E-state index contributed by atoms with van der Waals surface area (Å²) < 4.78 is 5.71. The molecular weight excluding hydrogens is 176 g/mol. The van der Waals surface area contributed by atoms with E-state index in [9.17, 15) is 0 Å². The first-order chi connectivity index (χ1) is 6.58. The molecule has 1 rings (SSSR count). The topological polar surface area (TPSA) is 24.5 Å². The zero-order valence-electron chi connectivity index (χ0n) is 9.81. The minimum atomic E-state index is 0.00407. The normalized spacial score (nSPS) is 20.8. The van der Waals surface area contributed by atoms with E-state index in [1.54, 1.807) is 0 Å². The van der Waals surface area contributed by atoms with Gasteiger partial charge in [-0.3, -0.25) is 4.90 Å². The fourth-order valence-electron chi connectivity index (χ4n) is 1.61. The van der Waals surface area contributed by atoms with Crippen molar-refractivity contribution >= 4 is 0 Å². The van der Waals surface area contributed by atoms with Gasteiger partial charge in [-0.1, -0.05) is 0 Å². The van der Waals surface area contributed by atoms with Gasteiger partial charge in [-0.25, -0.2) is 0 Å². The highest BCUT2D eigenvalue weighted by atomic mass is 16.5.